The van der Waals surface area contributed by atoms with Crippen LogP contribution in [0.1, 0.15) is 11.4 Å². The molecule has 0 unspecified atom stereocenters. The average molecular weight is 234 g/mol. The van der Waals surface area contributed by atoms with Crippen LogP contribution in [0.2, 0.25) is 0 Å². The number of rotatable bonds is 4. The van der Waals surface area contributed by atoms with Gasteiger partial charge in [0.15, 0.2) is 5.82 Å². The van der Waals surface area contributed by atoms with E-state index in [1.165, 1.54) is 0 Å². The Kier molecular flexibility index (Phi) is 3.08. The summed E-state index contributed by atoms with van der Waals surface area (Å²) >= 11 is 0. The van der Waals surface area contributed by atoms with E-state index in [9.17, 15) is 0 Å². The summed E-state index contributed by atoms with van der Waals surface area (Å²) < 4.78 is 3.65. The first-order valence-corrected chi connectivity index (χ1v) is 5.19. The number of imidazole rings is 1. The number of amidine groups is 1. The number of oxime groups is 1. The average Bonchev–Trinajstić information content (AvgIpc) is 2.94. The summed E-state index contributed by atoms with van der Waals surface area (Å²) in [4.78, 5) is 4.02. The van der Waals surface area contributed by atoms with E-state index < -0.39 is 0 Å². The SMILES string of the molecule is Cc1cnn(CCn2ccnc2/C(N)=N/O)c1. The van der Waals surface area contributed by atoms with E-state index >= 15 is 0 Å². The van der Waals surface area contributed by atoms with Crippen molar-refractivity contribution in [3.63, 3.8) is 0 Å². The van der Waals surface area contributed by atoms with Crippen LogP contribution in [-0.4, -0.2) is 30.4 Å². The number of hydrogen-bond acceptors (Lipinski definition) is 4. The summed E-state index contributed by atoms with van der Waals surface area (Å²) in [5, 5.41) is 15.7. The van der Waals surface area contributed by atoms with Gasteiger partial charge < -0.3 is 15.5 Å². The van der Waals surface area contributed by atoms with Crippen LogP contribution in [0.4, 0.5) is 0 Å². The van der Waals surface area contributed by atoms with Gasteiger partial charge in [-0.25, -0.2) is 4.98 Å². The standard InChI is InChI=1S/C10H14N6O/c1-8-6-13-16(7-8)5-4-15-3-2-12-10(15)9(11)14-17/h2-3,6-7,17H,4-5H2,1H3,(H2,11,14). The maximum atomic E-state index is 8.61. The minimum absolute atomic E-state index is 0.00615. The normalized spacial score (nSPS) is 11.9. The fourth-order valence-electron chi connectivity index (χ4n) is 1.57. The smallest absolute Gasteiger partial charge is 0.206 e. The molecule has 2 heterocycles. The van der Waals surface area contributed by atoms with Gasteiger partial charge in [0.05, 0.1) is 12.7 Å². The van der Waals surface area contributed by atoms with Gasteiger partial charge >= 0.3 is 0 Å². The lowest BCUT2D eigenvalue weighted by molar-refractivity contribution is 0.318. The molecule has 0 amide bonds. The summed E-state index contributed by atoms with van der Waals surface area (Å²) in [5.74, 6) is 0.461. The van der Waals surface area contributed by atoms with Gasteiger partial charge in [0.25, 0.3) is 0 Å². The van der Waals surface area contributed by atoms with Crippen molar-refractivity contribution in [1.29, 1.82) is 0 Å². The number of aryl methyl sites for hydroxylation is 3. The Morgan fingerprint density at radius 3 is 3.00 bits per heavy atom. The van der Waals surface area contributed by atoms with Crippen molar-refractivity contribution in [3.05, 3.63) is 36.2 Å². The number of hydrogen-bond donors (Lipinski definition) is 2. The minimum Gasteiger partial charge on any atom is -0.409 e. The molecule has 7 heteroatoms. The number of nitrogens with two attached hydrogens (primary N) is 1. The monoisotopic (exact) mass is 234 g/mol. The molecule has 0 aromatic carbocycles. The van der Waals surface area contributed by atoms with Crippen molar-refractivity contribution < 1.29 is 5.21 Å². The van der Waals surface area contributed by atoms with Gasteiger partial charge in [0, 0.05) is 25.1 Å². The highest BCUT2D eigenvalue weighted by atomic mass is 16.4. The van der Waals surface area contributed by atoms with E-state index in [0.717, 1.165) is 5.56 Å². The first-order chi connectivity index (χ1) is 8.20. The van der Waals surface area contributed by atoms with Crippen LogP contribution in [0.25, 0.3) is 0 Å². The predicted molar refractivity (Wildman–Crippen MR) is 61.7 cm³/mol. The topological polar surface area (TPSA) is 94.2 Å². The van der Waals surface area contributed by atoms with Crippen molar-refractivity contribution in [2.45, 2.75) is 20.0 Å². The van der Waals surface area contributed by atoms with Gasteiger partial charge in [-0.05, 0) is 12.5 Å². The zero-order chi connectivity index (χ0) is 12.3. The van der Waals surface area contributed by atoms with Gasteiger partial charge in [-0.3, -0.25) is 4.68 Å². The van der Waals surface area contributed by atoms with Gasteiger partial charge in [0.1, 0.15) is 0 Å². The second-order valence-corrected chi connectivity index (χ2v) is 3.71. The summed E-state index contributed by atoms with van der Waals surface area (Å²) in [6, 6.07) is 0. The molecule has 3 N–H and O–H groups in total. The van der Waals surface area contributed by atoms with Crippen molar-refractivity contribution in [2.24, 2.45) is 10.9 Å². The van der Waals surface area contributed by atoms with Crippen LogP contribution in [-0.2, 0) is 13.1 Å². The lowest BCUT2D eigenvalue weighted by Crippen LogP contribution is -2.20. The van der Waals surface area contributed by atoms with Crippen molar-refractivity contribution in [2.75, 3.05) is 0 Å². The molecule has 0 atom stereocenters. The molecule has 0 aliphatic rings. The molecular formula is C10H14N6O. The summed E-state index contributed by atoms with van der Waals surface area (Å²) in [7, 11) is 0. The van der Waals surface area contributed by atoms with Gasteiger partial charge in [-0.15, -0.1) is 0 Å². The largest absolute Gasteiger partial charge is 0.409 e. The lowest BCUT2D eigenvalue weighted by Gasteiger charge is -2.06. The molecule has 0 spiro atoms. The van der Waals surface area contributed by atoms with Gasteiger partial charge in [-0.2, -0.15) is 5.10 Å². The lowest BCUT2D eigenvalue weighted by atomic mass is 10.4. The maximum Gasteiger partial charge on any atom is 0.206 e. The minimum atomic E-state index is 0.00615. The summed E-state index contributed by atoms with van der Waals surface area (Å²) in [6.07, 6.45) is 7.16. The van der Waals surface area contributed by atoms with E-state index in [-0.39, 0.29) is 5.84 Å². The van der Waals surface area contributed by atoms with Crippen LogP contribution < -0.4 is 5.73 Å². The Bertz CT molecular complexity index is 526. The molecule has 2 aromatic rings. The fourth-order valence-corrected chi connectivity index (χ4v) is 1.57. The quantitative estimate of drug-likeness (QED) is 0.341. The molecule has 0 radical (unpaired) electrons. The number of nitrogens with zero attached hydrogens (tertiary/aromatic N) is 5. The van der Waals surface area contributed by atoms with Crippen LogP contribution in [0, 0.1) is 6.92 Å². The van der Waals surface area contributed by atoms with Crippen LogP contribution >= 0.6 is 0 Å². The molecule has 7 nitrogen and oxygen atoms in total. The Labute approximate surface area is 98.2 Å². The molecular weight excluding hydrogens is 220 g/mol. The predicted octanol–water partition coefficient (Wildman–Crippen LogP) is 0.183. The molecule has 0 bridgehead atoms. The second-order valence-electron chi connectivity index (χ2n) is 3.71. The molecule has 17 heavy (non-hydrogen) atoms. The van der Waals surface area contributed by atoms with Crippen LogP contribution in [0.15, 0.2) is 29.9 Å². The van der Waals surface area contributed by atoms with Crippen LogP contribution in [0.3, 0.4) is 0 Å². The second kappa shape index (κ2) is 4.69. The molecule has 0 saturated carbocycles. The molecule has 0 aliphatic heterocycles. The third-order valence-electron chi connectivity index (χ3n) is 2.38. The third kappa shape index (κ3) is 2.44. The molecule has 90 valence electrons. The maximum absolute atomic E-state index is 8.61. The van der Waals surface area contributed by atoms with Crippen molar-refractivity contribution in [3.8, 4) is 0 Å². The van der Waals surface area contributed by atoms with E-state index in [1.54, 1.807) is 18.6 Å². The van der Waals surface area contributed by atoms with E-state index in [4.69, 9.17) is 10.9 Å². The van der Waals surface area contributed by atoms with Crippen LogP contribution in [0.5, 0.6) is 0 Å². The van der Waals surface area contributed by atoms with E-state index in [0.29, 0.717) is 18.9 Å². The third-order valence-corrected chi connectivity index (χ3v) is 2.38. The first kappa shape index (κ1) is 11.2. The Morgan fingerprint density at radius 2 is 2.35 bits per heavy atom. The van der Waals surface area contributed by atoms with E-state index in [2.05, 4.69) is 15.2 Å². The zero-order valence-electron chi connectivity index (χ0n) is 9.48. The Hall–Kier alpha value is -2.31. The molecule has 0 fully saturated rings. The highest BCUT2D eigenvalue weighted by Crippen LogP contribution is 2.00. The molecule has 0 aliphatic carbocycles. The Morgan fingerprint density at radius 1 is 1.53 bits per heavy atom. The molecule has 2 aromatic heterocycles. The highest BCUT2D eigenvalue weighted by Gasteiger charge is 2.07. The fraction of sp³-hybridized carbons (Fsp3) is 0.300. The molecule has 2 rings (SSSR count). The number of aromatic nitrogens is 4. The first-order valence-electron chi connectivity index (χ1n) is 5.19. The van der Waals surface area contributed by atoms with Gasteiger partial charge in [-0.1, -0.05) is 5.16 Å². The molecule has 0 saturated heterocycles. The zero-order valence-corrected chi connectivity index (χ0v) is 9.48. The highest BCUT2D eigenvalue weighted by molar-refractivity contribution is 5.93. The van der Waals surface area contributed by atoms with Crippen molar-refractivity contribution in [1.82, 2.24) is 19.3 Å². The van der Waals surface area contributed by atoms with Crippen molar-refractivity contribution >= 4 is 5.84 Å². The summed E-state index contributed by atoms with van der Waals surface area (Å²) in [6.45, 7) is 3.35. The van der Waals surface area contributed by atoms with E-state index in [1.807, 2.05) is 22.4 Å². The summed E-state index contributed by atoms with van der Waals surface area (Å²) in [5.41, 5.74) is 6.62. The Balaban J connectivity index is 2.07. The van der Waals surface area contributed by atoms with Gasteiger partial charge in [0.2, 0.25) is 5.84 Å².